The van der Waals surface area contributed by atoms with Gasteiger partial charge in [-0.1, -0.05) is 11.3 Å². The molecule has 0 aromatic carbocycles. The van der Waals surface area contributed by atoms with Gasteiger partial charge in [0, 0.05) is 9.85 Å². The lowest BCUT2D eigenvalue weighted by Crippen LogP contribution is -1.93. The molecular formula is C10H7BrO2S2. The van der Waals surface area contributed by atoms with Crippen LogP contribution in [0.5, 0.6) is 5.06 Å². The van der Waals surface area contributed by atoms with Crippen molar-refractivity contribution in [1.29, 1.82) is 0 Å². The summed E-state index contributed by atoms with van der Waals surface area (Å²) < 4.78 is 5.99. The lowest BCUT2D eigenvalue weighted by Gasteiger charge is -1.92. The third kappa shape index (κ3) is 2.30. The van der Waals surface area contributed by atoms with E-state index in [1.807, 2.05) is 11.4 Å². The Bertz CT molecular complexity index is 487. The minimum absolute atomic E-state index is 0.0546. The molecular weight excluding hydrogens is 296 g/mol. The molecule has 15 heavy (non-hydrogen) atoms. The van der Waals surface area contributed by atoms with Crippen LogP contribution in [0, 0.1) is 0 Å². The monoisotopic (exact) mass is 302 g/mol. The number of carbonyl (C=O) groups excluding carboxylic acids is 1. The number of rotatable bonds is 3. The third-order valence-electron chi connectivity index (χ3n) is 1.80. The molecule has 0 spiro atoms. The predicted molar refractivity (Wildman–Crippen MR) is 66.3 cm³/mol. The second kappa shape index (κ2) is 4.47. The number of hydrogen-bond acceptors (Lipinski definition) is 4. The van der Waals surface area contributed by atoms with E-state index in [0.717, 1.165) is 14.4 Å². The van der Waals surface area contributed by atoms with E-state index in [0.29, 0.717) is 4.88 Å². The molecule has 0 N–H and O–H groups in total. The molecule has 0 fully saturated rings. The molecule has 2 heterocycles. The number of carbonyl (C=O) groups is 1. The highest BCUT2D eigenvalue weighted by Crippen LogP contribution is 2.28. The van der Waals surface area contributed by atoms with E-state index in [1.165, 1.54) is 22.7 Å². The maximum absolute atomic E-state index is 11.9. The number of ether oxygens (including phenoxy) is 1. The van der Waals surface area contributed by atoms with E-state index in [-0.39, 0.29) is 5.78 Å². The summed E-state index contributed by atoms with van der Waals surface area (Å²) in [5, 5.41) is 2.66. The third-order valence-corrected chi connectivity index (χ3v) is 4.53. The Morgan fingerprint density at radius 3 is 2.73 bits per heavy atom. The molecule has 0 saturated carbocycles. The fourth-order valence-electron chi connectivity index (χ4n) is 1.11. The SMILES string of the molecule is COc1ccc(C(=O)c2cc(Br)cs2)s1. The van der Waals surface area contributed by atoms with Gasteiger partial charge in [-0.2, -0.15) is 0 Å². The van der Waals surface area contributed by atoms with Crippen LogP contribution in [0.1, 0.15) is 14.5 Å². The fraction of sp³-hybridized carbons (Fsp3) is 0.100. The van der Waals surface area contributed by atoms with Crippen molar-refractivity contribution in [2.24, 2.45) is 0 Å². The van der Waals surface area contributed by atoms with Crippen LogP contribution in [0.2, 0.25) is 0 Å². The van der Waals surface area contributed by atoms with Crippen molar-refractivity contribution in [3.8, 4) is 5.06 Å². The van der Waals surface area contributed by atoms with Crippen molar-refractivity contribution in [2.45, 2.75) is 0 Å². The summed E-state index contributed by atoms with van der Waals surface area (Å²) in [6, 6.07) is 5.43. The van der Waals surface area contributed by atoms with E-state index >= 15 is 0 Å². The second-order valence-electron chi connectivity index (χ2n) is 2.78. The van der Waals surface area contributed by atoms with E-state index in [4.69, 9.17) is 4.74 Å². The van der Waals surface area contributed by atoms with Crippen LogP contribution in [-0.2, 0) is 0 Å². The molecule has 0 unspecified atom stereocenters. The minimum Gasteiger partial charge on any atom is -0.487 e. The number of ketones is 1. The summed E-state index contributed by atoms with van der Waals surface area (Å²) in [5.74, 6) is 0.0546. The molecule has 0 amide bonds. The topological polar surface area (TPSA) is 26.3 Å². The van der Waals surface area contributed by atoms with Crippen molar-refractivity contribution >= 4 is 44.4 Å². The smallest absolute Gasteiger partial charge is 0.213 e. The van der Waals surface area contributed by atoms with Gasteiger partial charge in [0.05, 0.1) is 16.9 Å². The number of hydrogen-bond donors (Lipinski definition) is 0. The van der Waals surface area contributed by atoms with E-state index in [9.17, 15) is 4.79 Å². The predicted octanol–water partition coefficient (Wildman–Crippen LogP) is 3.81. The molecule has 2 nitrogen and oxygen atoms in total. The van der Waals surface area contributed by atoms with E-state index in [1.54, 1.807) is 19.2 Å². The molecule has 2 aromatic rings. The van der Waals surface area contributed by atoms with Gasteiger partial charge >= 0.3 is 0 Å². The van der Waals surface area contributed by atoms with Crippen molar-refractivity contribution in [3.63, 3.8) is 0 Å². The molecule has 0 bridgehead atoms. The van der Waals surface area contributed by atoms with Crippen LogP contribution in [0.25, 0.3) is 0 Å². The molecule has 0 aliphatic heterocycles. The molecule has 0 saturated heterocycles. The first-order valence-electron chi connectivity index (χ1n) is 4.13. The fourth-order valence-corrected chi connectivity index (χ4v) is 3.33. The lowest BCUT2D eigenvalue weighted by molar-refractivity contribution is 0.104. The zero-order chi connectivity index (χ0) is 10.8. The van der Waals surface area contributed by atoms with Gasteiger partial charge < -0.3 is 4.74 Å². The Hall–Kier alpha value is -0.650. The first-order chi connectivity index (χ1) is 7.20. The summed E-state index contributed by atoms with van der Waals surface area (Å²) in [6.07, 6.45) is 0. The quantitative estimate of drug-likeness (QED) is 0.806. The summed E-state index contributed by atoms with van der Waals surface area (Å²) >= 11 is 6.13. The van der Waals surface area contributed by atoms with Crippen LogP contribution >= 0.6 is 38.6 Å². The van der Waals surface area contributed by atoms with Crippen LogP contribution < -0.4 is 4.74 Å². The highest BCUT2D eigenvalue weighted by atomic mass is 79.9. The molecule has 5 heteroatoms. The molecule has 0 atom stereocenters. The first kappa shape index (κ1) is 10.9. The van der Waals surface area contributed by atoms with Crippen LogP contribution in [0.4, 0.5) is 0 Å². The van der Waals surface area contributed by atoms with Crippen LogP contribution in [0.15, 0.2) is 28.1 Å². The zero-order valence-corrected chi connectivity index (χ0v) is 11.0. The van der Waals surface area contributed by atoms with Gasteiger partial charge in [0.25, 0.3) is 0 Å². The molecule has 0 radical (unpaired) electrons. The normalized spacial score (nSPS) is 10.3. The van der Waals surface area contributed by atoms with Crippen molar-refractivity contribution in [1.82, 2.24) is 0 Å². The van der Waals surface area contributed by atoms with Gasteiger partial charge in [-0.05, 0) is 34.1 Å². The van der Waals surface area contributed by atoms with Crippen molar-refractivity contribution < 1.29 is 9.53 Å². The molecule has 0 aliphatic carbocycles. The number of methoxy groups -OCH3 is 1. The van der Waals surface area contributed by atoms with E-state index in [2.05, 4.69) is 15.9 Å². The van der Waals surface area contributed by atoms with Crippen molar-refractivity contribution in [3.05, 3.63) is 37.8 Å². The molecule has 2 aromatic heterocycles. The Kier molecular flexibility index (Phi) is 3.23. The van der Waals surface area contributed by atoms with Gasteiger partial charge in [-0.3, -0.25) is 4.79 Å². The first-order valence-corrected chi connectivity index (χ1v) is 6.62. The largest absolute Gasteiger partial charge is 0.487 e. The van der Waals surface area contributed by atoms with Gasteiger partial charge in [-0.15, -0.1) is 11.3 Å². The Balaban J connectivity index is 2.28. The highest BCUT2D eigenvalue weighted by molar-refractivity contribution is 9.10. The summed E-state index contributed by atoms with van der Waals surface area (Å²) in [7, 11) is 1.60. The van der Waals surface area contributed by atoms with Crippen molar-refractivity contribution in [2.75, 3.05) is 7.11 Å². The zero-order valence-electron chi connectivity index (χ0n) is 7.82. The van der Waals surface area contributed by atoms with Crippen LogP contribution in [0.3, 0.4) is 0 Å². The minimum atomic E-state index is 0.0546. The van der Waals surface area contributed by atoms with Crippen LogP contribution in [-0.4, -0.2) is 12.9 Å². The van der Waals surface area contributed by atoms with Gasteiger partial charge in [0.15, 0.2) is 5.06 Å². The van der Waals surface area contributed by atoms with Gasteiger partial charge in [-0.25, -0.2) is 0 Å². The number of halogens is 1. The van der Waals surface area contributed by atoms with E-state index < -0.39 is 0 Å². The highest BCUT2D eigenvalue weighted by Gasteiger charge is 2.13. The molecule has 78 valence electrons. The summed E-state index contributed by atoms with van der Waals surface area (Å²) in [6.45, 7) is 0. The second-order valence-corrected chi connectivity index (χ2v) is 5.65. The summed E-state index contributed by atoms with van der Waals surface area (Å²) in [5.41, 5.74) is 0. The lowest BCUT2D eigenvalue weighted by atomic mass is 10.3. The number of thiophene rings is 2. The Morgan fingerprint density at radius 1 is 1.40 bits per heavy atom. The molecule has 0 aliphatic rings. The van der Waals surface area contributed by atoms with Gasteiger partial charge in [0.2, 0.25) is 5.78 Å². The summed E-state index contributed by atoms with van der Waals surface area (Å²) in [4.78, 5) is 13.4. The maximum Gasteiger partial charge on any atom is 0.213 e. The average molecular weight is 303 g/mol. The molecule has 2 rings (SSSR count). The maximum atomic E-state index is 11.9. The van der Waals surface area contributed by atoms with Gasteiger partial charge in [0.1, 0.15) is 0 Å². The Labute approximate surface area is 104 Å². The Morgan fingerprint density at radius 2 is 2.20 bits per heavy atom. The standard InChI is InChI=1S/C10H7BrO2S2/c1-13-9-3-2-7(15-9)10(12)8-4-6(11)5-14-8/h2-5H,1H3. The average Bonchev–Trinajstić information content (AvgIpc) is 2.84.